The minimum atomic E-state index is -0.292. The number of benzene rings is 2. The van der Waals surface area contributed by atoms with E-state index in [2.05, 4.69) is 54.1 Å². The van der Waals surface area contributed by atoms with Gasteiger partial charge in [-0.1, -0.05) is 31.2 Å². The third-order valence-electron chi connectivity index (χ3n) is 9.59. The minimum absolute atomic E-state index is 0.0174. The van der Waals surface area contributed by atoms with Gasteiger partial charge in [-0.25, -0.2) is 4.39 Å². The molecule has 40 heavy (non-hydrogen) atoms. The summed E-state index contributed by atoms with van der Waals surface area (Å²) >= 11 is 0. The summed E-state index contributed by atoms with van der Waals surface area (Å²) in [5.74, 6) is 1.79. The van der Waals surface area contributed by atoms with Crippen molar-refractivity contribution in [3.8, 4) is 16.9 Å². The molecule has 0 bridgehead atoms. The van der Waals surface area contributed by atoms with Crippen LogP contribution < -0.4 is 4.74 Å². The Morgan fingerprint density at radius 3 is 2.67 bits per heavy atom. The molecule has 3 aliphatic rings. The van der Waals surface area contributed by atoms with Gasteiger partial charge >= 0.3 is 0 Å². The van der Waals surface area contributed by atoms with Crippen molar-refractivity contribution in [3.05, 3.63) is 82.4 Å². The third kappa shape index (κ3) is 5.45. The van der Waals surface area contributed by atoms with Gasteiger partial charge in [-0.2, -0.15) is 0 Å². The van der Waals surface area contributed by atoms with Crippen LogP contribution in [0.25, 0.3) is 11.1 Å². The van der Waals surface area contributed by atoms with E-state index in [1.807, 2.05) is 19.1 Å². The number of ether oxygens (including phenoxy) is 1. The zero-order chi connectivity index (χ0) is 28.0. The molecule has 5 heteroatoms. The number of likely N-dealkylation sites (tertiary alicyclic amines) is 1. The number of fused-ring (bicyclic) bond motifs is 1. The molecule has 2 aromatic carbocycles. The lowest BCUT2D eigenvalue weighted by Gasteiger charge is -2.31. The Bertz CT molecular complexity index is 1410. The molecule has 1 unspecified atom stereocenters. The number of aromatic nitrogens is 1. The van der Waals surface area contributed by atoms with Gasteiger partial charge in [0.1, 0.15) is 23.5 Å². The maximum Gasteiger partial charge on any atom is 0.149 e. The van der Waals surface area contributed by atoms with E-state index in [9.17, 15) is 9.18 Å². The fourth-order valence-electron chi connectivity index (χ4n) is 6.92. The second kappa shape index (κ2) is 11.1. The van der Waals surface area contributed by atoms with E-state index in [0.29, 0.717) is 17.5 Å². The number of carbonyl (C=O) groups is 1. The van der Waals surface area contributed by atoms with Gasteiger partial charge in [0.15, 0.2) is 0 Å². The number of Topliss-reactive ketones (excluding diaryl/α,β-unsaturated/α-hetero) is 1. The van der Waals surface area contributed by atoms with Gasteiger partial charge in [0.25, 0.3) is 0 Å². The molecular weight excluding hydrogens is 499 g/mol. The van der Waals surface area contributed by atoms with Gasteiger partial charge in [0, 0.05) is 29.8 Å². The molecule has 4 atom stereocenters. The van der Waals surface area contributed by atoms with Crippen LogP contribution in [0.2, 0.25) is 0 Å². The lowest BCUT2D eigenvalue weighted by molar-refractivity contribution is -0.121. The largest absolute Gasteiger partial charge is 0.485 e. The summed E-state index contributed by atoms with van der Waals surface area (Å²) < 4.78 is 21.6. The number of pyridine rings is 1. The number of hydrogen-bond acceptors (Lipinski definition) is 4. The highest BCUT2D eigenvalue weighted by atomic mass is 19.1. The van der Waals surface area contributed by atoms with Gasteiger partial charge in [-0.05, 0) is 124 Å². The average Bonchev–Trinajstić information content (AvgIpc) is 3.70. The van der Waals surface area contributed by atoms with Crippen LogP contribution in [0, 0.1) is 24.6 Å². The summed E-state index contributed by atoms with van der Waals surface area (Å²) in [6.45, 7) is 9.92. The highest BCUT2D eigenvalue weighted by molar-refractivity contribution is 5.79. The number of rotatable bonds is 8. The Labute approximate surface area is 238 Å². The molecule has 210 valence electrons. The summed E-state index contributed by atoms with van der Waals surface area (Å²) in [6, 6.07) is 15.4. The minimum Gasteiger partial charge on any atom is -0.485 e. The van der Waals surface area contributed by atoms with E-state index < -0.39 is 0 Å². The second-order valence-electron chi connectivity index (χ2n) is 12.5. The SMILES string of the molecule is CC(=O)[C@@H](C)[C@H](c1ccc2c(c1)OC(c1ccc(-c3cc(C)ncc3F)cc1CN1CCC[C@@H]1C)CC2)C1CC1. The van der Waals surface area contributed by atoms with Crippen LogP contribution in [0.3, 0.4) is 0 Å². The Morgan fingerprint density at radius 1 is 1.12 bits per heavy atom. The number of ketones is 1. The third-order valence-corrected chi connectivity index (χ3v) is 9.59. The fraction of sp³-hybridized carbons (Fsp3) is 0.486. The molecule has 3 aromatic rings. The van der Waals surface area contributed by atoms with Crippen molar-refractivity contribution in [2.24, 2.45) is 11.8 Å². The van der Waals surface area contributed by atoms with E-state index in [4.69, 9.17) is 4.74 Å². The zero-order valence-electron chi connectivity index (χ0n) is 24.3. The quantitative estimate of drug-likeness (QED) is 0.291. The van der Waals surface area contributed by atoms with Crippen molar-refractivity contribution in [1.82, 2.24) is 9.88 Å². The smallest absolute Gasteiger partial charge is 0.149 e. The molecule has 3 heterocycles. The molecule has 1 saturated heterocycles. The monoisotopic (exact) mass is 540 g/mol. The molecule has 1 saturated carbocycles. The first-order valence-electron chi connectivity index (χ1n) is 15.1. The number of carbonyl (C=O) groups excluding carboxylic acids is 1. The first-order valence-corrected chi connectivity index (χ1v) is 15.1. The van der Waals surface area contributed by atoms with Crippen molar-refractivity contribution in [1.29, 1.82) is 0 Å². The maximum absolute atomic E-state index is 14.8. The highest BCUT2D eigenvalue weighted by Gasteiger charge is 2.38. The molecule has 0 amide bonds. The Balaban J connectivity index is 1.34. The van der Waals surface area contributed by atoms with E-state index in [1.54, 1.807) is 6.92 Å². The zero-order valence-corrected chi connectivity index (χ0v) is 24.3. The summed E-state index contributed by atoms with van der Waals surface area (Å²) in [7, 11) is 0. The molecule has 2 aliphatic heterocycles. The van der Waals surface area contributed by atoms with E-state index in [-0.39, 0.29) is 29.5 Å². The molecule has 2 fully saturated rings. The Morgan fingerprint density at radius 2 is 1.95 bits per heavy atom. The first kappa shape index (κ1) is 27.1. The molecular formula is C35H41FN2O2. The van der Waals surface area contributed by atoms with E-state index in [1.165, 1.54) is 54.1 Å². The predicted molar refractivity (Wildman–Crippen MR) is 157 cm³/mol. The Kier molecular flexibility index (Phi) is 7.52. The lowest BCUT2D eigenvalue weighted by Crippen LogP contribution is -2.27. The van der Waals surface area contributed by atoms with Crippen molar-refractivity contribution >= 4 is 5.78 Å². The van der Waals surface area contributed by atoms with Crippen molar-refractivity contribution in [2.75, 3.05) is 6.54 Å². The molecule has 0 radical (unpaired) electrons. The highest BCUT2D eigenvalue weighted by Crippen LogP contribution is 2.48. The summed E-state index contributed by atoms with van der Waals surface area (Å²) in [4.78, 5) is 19.0. The molecule has 4 nitrogen and oxygen atoms in total. The van der Waals surface area contributed by atoms with Gasteiger partial charge in [0.05, 0.1) is 6.20 Å². The Hall–Kier alpha value is -3.05. The maximum atomic E-state index is 14.8. The van der Waals surface area contributed by atoms with E-state index >= 15 is 0 Å². The van der Waals surface area contributed by atoms with Crippen LogP contribution >= 0.6 is 0 Å². The van der Waals surface area contributed by atoms with Crippen LogP contribution in [-0.2, 0) is 17.8 Å². The lowest BCUT2D eigenvalue weighted by atomic mass is 9.80. The van der Waals surface area contributed by atoms with Gasteiger partial charge < -0.3 is 4.74 Å². The normalized spacial score (nSPS) is 22.4. The predicted octanol–water partition coefficient (Wildman–Crippen LogP) is 7.97. The summed E-state index contributed by atoms with van der Waals surface area (Å²) in [5, 5.41) is 0. The molecule has 0 spiro atoms. The van der Waals surface area contributed by atoms with Gasteiger partial charge in [-0.3, -0.25) is 14.7 Å². The number of halogens is 1. The second-order valence-corrected chi connectivity index (χ2v) is 12.5. The molecule has 1 aromatic heterocycles. The van der Waals surface area contributed by atoms with Crippen LogP contribution in [0.5, 0.6) is 5.75 Å². The number of nitrogens with zero attached hydrogens (tertiary/aromatic N) is 2. The van der Waals surface area contributed by atoms with Crippen LogP contribution in [0.15, 0.2) is 48.7 Å². The fourth-order valence-corrected chi connectivity index (χ4v) is 6.92. The first-order chi connectivity index (χ1) is 19.3. The van der Waals surface area contributed by atoms with E-state index in [0.717, 1.165) is 42.9 Å². The van der Waals surface area contributed by atoms with Crippen molar-refractivity contribution in [2.45, 2.75) is 90.8 Å². The van der Waals surface area contributed by atoms with Gasteiger partial charge in [-0.15, -0.1) is 0 Å². The number of aryl methyl sites for hydroxylation is 2. The summed E-state index contributed by atoms with van der Waals surface area (Å²) in [6.07, 6.45) is 7.95. The van der Waals surface area contributed by atoms with Crippen molar-refractivity contribution in [3.63, 3.8) is 0 Å². The summed E-state index contributed by atoms with van der Waals surface area (Å²) in [5.41, 5.74) is 7.17. The standard InChI is InChI=1S/C35H41FN2O2/c1-21-16-31(32(36)19-37-21)27-11-13-30(29(17-27)20-38-15-5-6-22(38)2)33-14-12-25-7-10-28(18-34(25)40-33)35(26-8-9-26)23(3)24(4)39/h7,10-11,13,16-19,22-23,26,33,35H,5-6,8-9,12,14-15,20H2,1-4H3/t22-,23+,33?,35-/m0/s1. The van der Waals surface area contributed by atoms with Crippen LogP contribution in [0.1, 0.15) is 92.8 Å². The van der Waals surface area contributed by atoms with Crippen LogP contribution in [-0.4, -0.2) is 28.3 Å². The topological polar surface area (TPSA) is 42.4 Å². The average molecular weight is 541 g/mol. The van der Waals surface area contributed by atoms with Gasteiger partial charge in [0.2, 0.25) is 0 Å². The molecule has 1 aliphatic carbocycles. The number of hydrogen-bond donors (Lipinski definition) is 0. The van der Waals surface area contributed by atoms with Crippen molar-refractivity contribution < 1.29 is 13.9 Å². The van der Waals surface area contributed by atoms with Crippen LogP contribution in [0.4, 0.5) is 4.39 Å². The molecule has 6 rings (SSSR count). The molecule has 0 N–H and O–H groups in total.